The fraction of sp³-hybridized carbons (Fsp3) is 0.381. The second-order valence-electron chi connectivity index (χ2n) is 6.85. The minimum absolute atomic E-state index is 0.00964. The van der Waals surface area contributed by atoms with E-state index < -0.39 is 4.92 Å². The van der Waals surface area contributed by atoms with Crippen LogP contribution < -0.4 is 14.8 Å². The molecule has 0 aliphatic carbocycles. The summed E-state index contributed by atoms with van der Waals surface area (Å²) in [5.74, 6) is 0.803. The molecule has 1 heterocycles. The number of nitrogens with zero attached hydrogens (tertiary/aromatic N) is 2. The first-order valence-corrected chi connectivity index (χ1v) is 9.59. The van der Waals surface area contributed by atoms with E-state index in [1.807, 2.05) is 24.3 Å². The molecule has 1 aliphatic rings. The van der Waals surface area contributed by atoms with Crippen molar-refractivity contribution in [1.82, 2.24) is 10.2 Å². The van der Waals surface area contributed by atoms with Gasteiger partial charge in [0.2, 0.25) is 0 Å². The monoisotopic (exact) mass is 399 g/mol. The second-order valence-corrected chi connectivity index (χ2v) is 6.85. The summed E-state index contributed by atoms with van der Waals surface area (Å²) in [7, 11) is 1.64. The molecule has 0 spiro atoms. The van der Waals surface area contributed by atoms with Crippen LogP contribution in [0.15, 0.2) is 48.5 Å². The van der Waals surface area contributed by atoms with Crippen molar-refractivity contribution in [3.63, 3.8) is 0 Å². The maximum Gasteiger partial charge on any atom is 0.273 e. The molecule has 1 fully saturated rings. The van der Waals surface area contributed by atoms with Crippen LogP contribution in [0.25, 0.3) is 0 Å². The number of nitrogens with one attached hydrogen (secondary N) is 1. The summed E-state index contributed by atoms with van der Waals surface area (Å²) in [5, 5.41) is 13.8. The Kier molecular flexibility index (Phi) is 7.02. The van der Waals surface area contributed by atoms with E-state index in [9.17, 15) is 14.9 Å². The smallest absolute Gasteiger partial charge is 0.273 e. The van der Waals surface area contributed by atoms with E-state index in [2.05, 4.69) is 10.2 Å². The van der Waals surface area contributed by atoms with Crippen molar-refractivity contribution in [2.75, 3.05) is 33.4 Å². The normalized spacial score (nSPS) is 14.9. The molecular formula is C21H25N3O5. The number of nitro groups is 1. The Hall–Kier alpha value is -3.13. The lowest BCUT2D eigenvalue weighted by molar-refractivity contribution is -0.384. The lowest BCUT2D eigenvalue weighted by atomic mass is 10.0. The predicted octanol–water partition coefficient (Wildman–Crippen LogP) is 2.94. The highest BCUT2D eigenvalue weighted by Gasteiger charge is 2.26. The number of amides is 1. The molecule has 1 N–H and O–H groups in total. The van der Waals surface area contributed by atoms with E-state index in [4.69, 9.17) is 9.47 Å². The van der Waals surface area contributed by atoms with Gasteiger partial charge in [-0.05, 0) is 38.1 Å². The van der Waals surface area contributed by atoms with Crippen LogP contribution in [0, 0.1) is 10.1 Å². The van der Waals surface area contributed by atoms with Gasteiger partial charge in [0.1, 0.15) is 11.5 Å². The number of hydrogen-bond acceptors (Lipinski definition) is 6. The van der Waals surface area contributed by atoms with E-state index in [1.165, 1.54) is 18.2 Å². The lowest BCUT2D eigenvalue weighted by Crippen LogP contribution is -2.38. The number of carbonyl (C=O) groups is 1. The Morgan fingerprint density at radius 2 is 1.97 bits per heavy atom. The summed E-state index contributed by atoms with van der Waals surface area (Å²) in [6.45, 7) is 2.17. The van der Waals surface area contributed by atoms with Crippen molar-refractivity contribution < 1.29 is 19.2 Å². The van der Waals surface area contributed by atoms with E-state index in [0.717, 1.165) is 37.2 Å². The van der Waals surface area contributed by atoms with Crippen LogP contribution in [0.3, 0.4) is 0 Å². The zero-order chi connectivity index (χ0) is 20.6. The van der Waals surface area contributed by atoms with Crippen molar-refractivity contribution in [2.24, 2.45) is 0 Å². The van der Waals surface area contributed by atoms with Crippen LogP contribution in [0.1, 0.15) is 24.4 Å². The van der Waals surface area contributed by atoms with Gasteiger partial charge in [0, 0.05) is 18.2 Å². The minimum atomic E-state index is -0.499. The second kappa shape index (κ2) is 9.88. The van der Waals surface area contributed by atoms with Crippen LogP contribution in [0.2, 0.25) is 0 Å². The topological polar surface area (TPSA) is 93.9 Å². The number of ether oxygens (including phenoxy) is 2. The average molecular weight is 399 g/mol. The van der Waals surface area contributed by atoms with E-state index in [1.54, 1.807) is 13.2 Å². The van der Waals surface area contributed by atoms with E-state index in [-0.39, 0.29) is 30.0 Å². The van der Waals surface area contributed by atoms with Gasteiger partial charge < -0.3 is 14.8 Å². The highest BCUT2D eigenvalue weighted by Crippen LogP contribution is 2.31. The number of non-ortho nitro benzene ring substituents is 1. The van der Waals surface area contributed by atoms with Gasteiger partial charge in [0.15, 0.2) is 6.61 Å². The van der Waals surface area contributed by atoms with Gasteiger partial charge in [-0.1, -0.05) is 24.3 Å². The van der Waals surface area contributed by atoms with Gasteiger partial charge in [-0.25, -0.2) is 0 Å². The summed E-state index contributed by atoms with van der Waals surface area (Å²) in [6.07, 6.45) is 2.27. The highest BCUT2D eigenvalue weighted by molar-refractivity contribution is 5.77. The molecule has 0 saturated carbocycles. The fourth-order valence-corrected chi connectivity index (χ4v) is 3.53. The summed E-state index contributed by atoms with van der Waals surface area (Å²) < 4.78 is 10.9. The number of rotatable bonds is 9. The predicted molar refractivity (Wildman–Crippen MR) is 108 cm³/mol. The Morgan fingerprint density at radius 1 is 1.21 bits per heavy atom. The molecule has 8 nitrogen and oxygen atoms in total. The maximum absolute atomic E-state index is 12.3. The zero-order valence-corrected chi connectivity index (χ0v) is 16.4. The van der Waals surface area contributed by atoms with Gasteiger partial charge in [0.05, 0.1) is 24.1 Å². The molecular weight excluding hydrogens is 374 g/mol. The Morgan fingerprint density at radius 3 is 2.69 bits per heavy atom. The molecule has 1 atom stereocenters. The number of carbonyl (C=O) groups excluding carboxylic acids is 1. The summed E-state index contributed by atoms with van der Waals surface area (Å²) in [6, 6.07) is 13.6. The third-order valence-corrected chi connectivity index (χ3v) is 4.97. The van der Waals surface area contributed by atoms with Gasteiger partial charge in [-0.15, -0.1) is 0 Å². The molecule has 2 aromatic carbocycles. The van der Waals surface area contributed by atoms with E-state index >= 15 is 0 Å². The molecule has 1 aliphatic heterocycles. The minimum Gasteiger partial charge on any atom is -0.496 e. The molecule has 0 bridgehead atoms. The number of hydrogen-bond donors (Lipinski definition) is 1. The lowest BCUT2D eigenvalue weighted by Gasteiger charge is -2.29. The highest BCUT2D eigenvalue weighted by atomic mass is 16.6. The molecule has 2 aromatic rings. The fourth-order valence-electron chi connectivity index (χ4n) is 3.53. The van der Waals surface area contributed by atoms with Crippen molar-refractivity contribution in [1.29, 1.82) is 0 Å². The first kappa shape index (κ1) is 20.6. The van der Waals surface area contributed by atoms with Crippen LogP contribution in [0.5, 0.6) is 11.5 Å². The van der Waals surface area contributed by atoms with Gasteiger partial charge in [-0.2, -0.15) is 0 Å². The van der Waals surface area contributed by atoms with Crippen LogP contribution in [0.4, 0.5) is 5.69 Å². The van der Waals surface area contributed by atoms with E-state index in [0.29, 0.717) is 6.54 Å². The third-order valence-electron chi connectivity index (χ3n) is 4.97. The van der Waals surface area contributed by atoms with Crippen molar-refractivity contribution in [3.05, 3.63) is 64.2 Å². The standard InChI is InChI=1S/C21H25N3O5/c1-28-20-10-3-2-9-18(20)19(23-11-4-5-12-23)14-22-21(25)15-29-17-8-6-7-16(13-17)24(26)27/h2-3,6-10,13,19H,4-5,11-12,14-15H2,1H3,(H,22,25). The Bertz CT molecular complexity index is 852. The molecule has 0 aromatic heterocycles. The van der Waals surface area contributed by atoms with Gasteiger partial charge in [0.25, 0.3) is 11.6 Å². The number of nitro benzene ring substituents is 1. The molecule has 1 unspecified atom stereocenters. The summed E-state index contributed by atoms with van der Waals surface area (Å²) in [5.41, 5.74) is 0.963. The van der Waals surface area contributed by atoms with Crippen LogP contribution >= 0.6 is 0 Å². The maximum atomic E-state index is 12.3. The Balaban J connectivity index is 1.61. The molecule has 3 rings (SSSR count). The molecule has 8 heteroatoms. The number of likely N-dealkylation sites (tertiary alicyclic amines) is 1. The summed E-state index contributed by atoms with van der Waals surface area (Å²) in [4.78, 5) is 25.0. The van der Waals surface area contributed by atoms with Crippen LogP contribution in [-0.4, -0.2) is 49.1 Å². The molecule has 154 valence electrons. The molecule has 0 radical (unpaired) electrons. The first-order valence-electron chi connectivity index (χ1n) is 9.59. The first-order chi connectivity index (χ1) is 14.1. The Labute approximate surface area is 169 Å². The van der Waals surface area contributed by atoms with Gasteiger partial charge in [-0.3, -0.25) is 19.8 Å². The zero-order valence-electron chi connectivity index (χ0n) is 16.4. The molecule has 1 saturated heterocycles. The van der Waals surface area contributed by atoms with Crippen molar-refractivity contribution in [2.45, 2.75) is 18.9 Å². The summed E-state index contributed by atoms with van der Waals surface area (Å²) >= 11 is 0. The van der Waals surface area contributed by atoms with Gasteiger partial charge >= 0.3 is 0 Å². The van der Waals surface area contributed by atoms with Crippen LogP contribution in [-0.2, 0) is 4.79 Å². The third kappa shape index (κ3) is 5.45. The quantitative estimate of drug-likeness (QED) is 0.515. The van der Waals surface area contributed by atoms with Crippen molar-refractivity contribution >= 4 is 11.6 Å². The SMILES string of the molecule is COc1ccccc1C(CNC(=O)COc1cccc([N+](=O)[O-])c1)N1CCCC1. The number of para-hydroxylation sites is 1. The molecule has 1 amide bonds. The molecule has 29 heavy (non-hydrogen) atoms. The largest absolute Gasteiger partial charge is 0.496 e. The van der Waals surface area contributed by atoms with Crippen molar-refractivity contribution in [3.8, 4) is 11.5 Å². The number of benzene rings is 2. The number of methoxy groups -OCH3 is 1. The average Bonchev–Trinajstić information content (AvgIpc) is 3.27.